The summed E-state index contributed by atoms with van der Waals surface area (Å²) in [4.78, 5) is 4.31. The Balaban J connectivity index is 2.02. The molecule has 1 N–H and O–H groups in total. The number of nitrogens with zero attached hydrogens (tertiary/aromatic N) is 3. The minimum Gasteiger partial charge on any atom is -0.378 e. The normalized spacial score (nSPS) is 10.3. The lowest BCUT2D eigenvalue weighted by molar-refractivity contribution is 0.708. The van der Waals surface area contributed by atoms with Gasteiger partial charge in [-0.25, -0.2) is 4.98 Å². The zero-order valence-electron chi connectivity index (χ0n) is 8.94. The van der Waals surface area contributed by atoms with E-state index in [0.29, 0.717) is 6.54 Å². The van der Waals surface area contributed by atoms with E-state index in [1.807, 2.05) is 44.3 Å². The van der Waals surface area contributed by atoms with Gasteiger partial charge in [-0.15, -0.1) is 0 Å². The van der Waals surface area contributed by atoms with Crippen LogP contribution in [0.2, 0.25) is 0 Å². The van der Waals surface area contributed by atoms with Crippen LogP contribution < -0.4 is 5.32 Å². The van der Waals surface area contributed by atoms with E-state index in [9.17, 15) is 0 Å². The largest absolute Gasteiger partial charge is 0.378 e. The number of para-hydroxylation sites is 1. The van der Waals surface area contributed by atoms with Crippen LogP contribution in [0.15, 0.2) is 30.3 Å². The maximum atomic E-state index is 4.31. The minimum absolute atomic E-state index is 0.696. The third kappa shape index (κ3) is 2.34. The lowest BCUT2D eigenvalue weighted by atomic mass is 10.3. The summed E-state index contributed by atoms with van der Waals surface area (Å²) in [6.07, 6.45) is 0. The van der Waals surface area contributed by atoms with Crippen LogP contribution in [0, 0.1) is 6.92 Å². The SMILES string of the molecule is Cc1nc(CNc2ccccc2)n(C)n1. The van der Waals surface area contributed by atoms with E-state index in [4.69, 9.17) is 0 Å². The molecule has 78 valence electrons. The average molecular weight is 202 g/mol. The van der Waals surface area contributed by atoms with Crippen molar-refractivity contribution < 1.29 is 0 Å². The number of aromatic nitrogens is 3. The van der Waals surface area contributed by atoms with E-state index in [1.165, 1.54) is 0 Å². The van der Waals surface area contributed by atoms with Crippen molar-refractivity contribution >= 4 is 5.69 Å². The molecule has 0 radical (unpaired) electrons. The summed E-state index contributed by atoms with van der Waals surface area (Å²) in [6.45, 7) is 2.59. The molecule has 0 fully saturated rings. The van der Waals surface area contributed by atoms with E-state index in [0.717, 1.165) is 17.3 Å². The summed E-state index contributed by atoms with van der Waals surface area (Å²) in [5, 5.41) is 7.48. The van der Waals surface area contributed by atoms with Gasteiger partial charge in [0.2, 0.25) is 0 Å². The zero-order valence-corrected chi connectivity index (χ0v) is 8.94. The highest BCUT2D eigenvalue weighted by molar-refractivity contribution is 5.42. The molecule has 2 aromatic rings. The van der Waals surface area contributed by atoms with E-state index in [2.05, 4.69) is 15.4 Å². The second kappa shape index (κ2) is 4.13. The van der Waals surface area contributed by atoms with Gasteiger partial charge in [0.25, 0.3) is 0 Å². The van der Waals surface area contributed by atoms with E-state index in [1.54, 1.807) is 4.68 Å². The molecule has 0 saturated carbocycles. The Kier molecular flexibility index (Phi) is 2.67. The van der Waals surface area contributed by atoms with Gasteiger partial charge in [-0.2, -0.15) is 5.10 Å². The van der Waals surface area contributed by atoms with Crippen LogP contribution >= 0.6 is 0 Å². The second-order valence-electron chi connectivity index (χ2n) is 3.42. The Morgan fingerprint density at radius 3 is 2.60 bits per heavy atom. The Morgan fingerprint density at radius 2 is 2.00 bits per heavy atom. The molecule has 1 aromatic carbocycles. The van der Waals surface area contributed by atoms with Crippen molar-refractivity contribution in [2.45, 2.75) is 13.5 Å². The number of hydrogen-bond acceptors (Lipinski definition) is 3. The standard InChI is InChI=1S/C11H14N4/c1-9-13-11(15(2)14-9)8-12-10-6-4-3-5-7-10/h3-7,12H,8H2,1-2H3. The Bertz CT molecular complexity index is 433. The first-order valence-electron chi connectivity index (χ1n) is 4.91. The van der Waals surface area contributed by atoms with Crippen molar-refractivity contribution in [3.8, 4) is 0 Å². The van der Waals surface area contributed by atoms with E-state index < -0.39 is 0 Å². The molecule has 0 aliphatic heterocycles. The maximum absolute atomic E-state index is 4.31. The van der Waals surface area contributed by atoms with Crippen molar-refractivity contribution in [2.24, 2.45) is 7.05 Å². The smallest absolute Gasteiger partial charge is 0.147 e. The first-order chi connectivity index (χ1) is 7.25. The van der Waals surface area contributed by atoms with Crippen LogP contribution in [-0.2, 0) is 13.6 Å². The Morgan fingerprint density at radius 1 is 1.27 bits per heavy atom. The molecule has 0 atom stereocenters. The highest BCUT2D eigenvalue weighted by atomic mass is 15.3. The third-order valence-electron chi connectivity index (χ3n) is 2.18. The highest BCUT2D eigenvalue weighted by Crippen LogP contribution is 2.06. The van der Waals surface area contributed by atoms with Crippen molar-refractivity contribution in [3.63, 3.8) is 0 Å². The van der Waals surface area contributed by atoms with Crippen molar-refractivity contribution in [2.75, 3.05) is 5.32 Å². The zero-order chi connectivity index (χ0) is 10.7. The summed E-state index contributed by atoms with van der Waals surface area (Å²) >= 11 is 0. The van der Waals surface area contributed by atoms with Gasteiger partial charge in [0.1, 0.15) is 11.6 Å². The molecule has 1 heterocycles. The lowest BCUT2D eigenvalue weighted by Crippen LogP contribution is -2.06. The molecule has 0 spiro atoms. The Labute approximate surface area is 89.0 Å². The van der Waals surface area contributed by atoms with Crippen molar-refractivity contribution in [3.05, 3.63) is 42.0 Å². The fourth-order valence-corrected chi connectivity index (χ4v) is 1.45. The van der Waals surface area contributed by atoms with Crippen LogP contribution in [0.5, 0.6) is 0 Å². The van der Waals surface area contributed by atoms with Crippen LogP contribution in [-0.4, -0.2) is 14.8 Å². The highest BCUT2D eigenvalue weighted by Gasteiger charge is 2.02. The molecule has 4 nitrogen and oxygen atoms in total. The quantitative estimate of drug-likeness (QED) is 0.824. The first kappa shape index (κ1) is 9.71. The molecular weight excluding hydrogens is 188 g/mol. The third-order valence-corrected chi connectivity index (χ3v) is 2.18. The number of benzene rings is 1. The summed E-state index contributed by atoms with van der Waals surface area (Å²) < 4.78 is 1.80. The monoisotopic (exact) mass is 202 g/mol. The average Bonchev–Trinajstić information content (AvgIpc) is 2.56. The van der Waals surface area contributed by atoms with Gasteiger partial charge in [-0.1, -0.05) is 18.2 Å². The van der Waals surface area contributed by atoms with Crippen molar-refractivity contribution in [1.29, 1.82) is 0 Å². The topological polar surface area (TPSA) is 42.7 Å². The second-order valence-corrected chi connectivity index (χ2v) is 3.42. The van der Waals surface area contributed by atoms with Crippen LogP contribution in [0.1, 0.15) is 11.6 Å². The van der Waals surface area contributed by atoms with Gasteiger partial charge in [-0.3, -0.25) is 4.68 Å². The maximum Gasteiger partial charge on any atom is 0.147 e. The predicted octanol–water partition coefficient (Wildman–Crippen LogP) is 1.74. The molecule has 4 heteroatoms. The molecule has 0 amide bonds. The number of aryl methyl sites for hydroxylation is 2. The van der Waals surface area contributed by atoms with Gasteiger partial charge in [-0.05, 0) is 19.1 Å². The molecule has 0 aliphatic carbocycles. The molecular formula is C11H14N4. The van der Waals surface area contributed by atoms with Gasteiger partial charge < -0.3 is 5.32 Å². The summed E-state index contributed by atoms with van der Waals surface area (Å²) in [6, 6.07) is 10.1. The van der Waals surface area contributed by atoms with Crippen LogP contribution in [0.3, 0.4) is 0 Å². The minimum atomic E-state index is 0.696. The summed E-state index contributed by atoms with van der Waals surface area (Å²) in [5.74, 6) is 1.75. The van der Waals surface area contributed by atoms with Crippen LogP contribution in [0.25, 0.3) is 0 Å². The molecule has 0 bridgehead atoms. The molecule has 0 saturated heterocycles. The van der Waals surface area contributed by atoms with Crippen molar-refractivity contribution in [1.82, 2.24) is 14.8 Å². The fraction of sp³-hybridized carbons (Fsp3) is 0.273. The predicted molar refractivity (Wildman–Crippen MR) is 59.5 cm³/mol. The van der Waals surface area contributed by atoms with Gasteiger partial charge in [0, 0.05) is 12.7 Å². The number of hydrogen-bond donors (Lipinski definition) is 1. The summed E-state index contributed by atoms with van der Waals surface area (Å²) in [5.41, 5.74) is 1.10. The molecule has 15 heavy (non-hydrogen) atoms. The van der Waals surface area contributed by atoms with Gasteiger partial charge in [0.05, 0.1) is 6.54 Å². The Hall–Kier alpha value is -1.84. The lowest BCUT2D eigenvalue weighted by Gasteiger charge is -2.04. The molecule has 0 unspecified atom stereocenters. The molecule has 1 aromatic heterocycles. The van der Waals surface area contributed by atoms with E-state index >= 15 is 0 Å². The molecule has 0 aliphatic rings. The number of rotatable bonds is 3. The van der Waals surface area contributed by atoms with E-state index in [-0.39, 0.29) is 0 Å². The van der Waals surface area contributed by atoms with Gasteiger partial charge in [0.15, 0.2) is 0 Å². The fourth-order valence-electron chi connectivity index (χ4n) is 1.45. The first-order valence-corrected chi connectivity index (χ1v) is 4.91. The van der Waals surface area contributed by atoms with Gasteiger partial charge >= 0.3 is 0 Å². The number of anilines is 1. The number of nitrogens with one attached hydrogen (secondary N) is 1. The molecule has 2 rings (SSSR count). The van der Waals surface area contributed by atoms with Crippen LogP contribution in [0.4, 0.5) is 5.69 Å². The summed E-state index contributed by atoms with van der Waals surface area (Å²) in [7, 11) is 1.90.